The molecule has 4 rings (SSSR count). The molecule has 0 N–H and O–H groups in total. The minimum Gasteiger partial charge on any atom is -0.373 e. The SMILES string of the molecule is O=C(c1cccnc1)N1C[C@H](OCc2ccccn2)[C@H]2OCCC[C@H]21. The van der Waals surface area contributed by atoms with Gasteiger partial charge in [-0.1, -0.05) is 6.07 Å². The highest BCUT2D eigenvalue weighted by molar-refractivity contribution is 5.94. The number of likely N-dealkylation sites (tertiary alicyclic amines) is 1. The lowest BCUT2D eigenvalue weighted by Crippen LogP contribution is -2.43. The zero-order chi connectivity index (χ0) is 17.1. The van der Waals surface area contributed by atoms with Crippen LogP contribution in [0.25, 0.3) is 0 Å². The first-order valence-corrected chi connectivity index (χ1v) is 8.67. The fourth-order valence-corrected chi connectivity index (χ4v) is 3.62. The van der Waals surface area contributed by atoms with Crippen LogP contribution < -0.4 is 0 Å². The summed E-state index contributed by atoms with van der Waals surface area (Å²) in [5.41, 5.74) is 1.49. The number of amides is 1. The lowest BCUT2D eigenvalue weighted by molar-refractivity contribution is -0.0814. The number of carbonyl (C=O) groups is 1. The van der Waals surface area contributed by atoms with Crippen molar-refractivity contribution in [2.75, 3.05) is 13.2 Å². The lowest BCUT2D eigenvalue weighted by Gasteiger charge is -2.32. The van der Waals surface area contributed by atoms with Gasteiger partial charge in [-0.2, -0.15) is 0 Å². The van der Waals surface area contributed by atoms with E-state index in [1.807, 2.05) is 23.1 Å². The van der Waals surface area contributed by atoms with Crippen LogP contribution >= 0.6 is 0 Å². The van der Waals surface area contributed by atoms with E-state index in [1.54, 1.807) is 30.7 Å². The molecule has 0 saturated carbocycles. The van der Waals surface area contributed by atoms with E-state index in [0.717, 1.165) is 25.1 Å². The van der Waals surface area contributed by atoms with E-state index in [4.69, 9.17) is 9.47 Å². The molecular formula is C19H21N3O3. The van der Waals surface area contributed by atoms with Gasteiger partial charge in [0.25, 0.3) is 5.91 Å². The highest BCUT2D eigenvalue weighted by atomic mass is 16.5. The molecule has 0 aromatic carbocycles. The van der Waals surface area contributed by atoms with Crippen LogP contribution in [0.4, 0.5) is 0 Å². The van der Waals surface area contributed by atoms with Crippen LogP contribution in [0, 0.1) is 0 Å². The minimum absolute atomic E-state index is 0.00228. The van der Waals surface area contributed by atoms with Crippen molar-refractivity contribution in [1.82, 2.24) is 14.9 Å². The summed E-state index contributed by atoms with van der Waals surface area (Å²) in [6, 6.07) is 9.41. The summed E-state index contributed by atoms with van der Waals surface area (Å²) >= 11 is 0. The summed E-state index contributed by atoms with van der Waals surface area (Å²) in [6.07, 6.45) is 6.75. The number of carbonyl (C=O) groups excluding carboxylic acids is 1. The van der Waals surface area contributed by atoms with Crippen molar-refractivity contribution in [3.05, 3.63) is 60.2 Å². The van der Waals surface area contributed by atoms with Gasteiger partial charge in [-0.25, -0.2) is 0 Å². The predicted octanol–water partition coefficient (Wildman–Crippen LogP) is 2.07. The molecule has 4 heterocycles. The third kappa shape index (κ3) is 3.41. The van der Waals surface area contributed by atoms with Gasteiger partial charge in [0.2, 0.25) is 0 Å². The first-order valence-electron chi connectivity index (χ1n) is 8.67. The van der Waals surface area contributed by atoms with Gasteiger partial charge in [0.05, 0.1) is 30.5 Å². The molecule has 0 bridgehead atoms. The first-order chi connectivity index (χ1) is 12.3. The average Bonchev–Trinajstić information content (AvgIpc) is 3.06. The summed E-state index contributed by atoms with van der Waals surface area (Å²) < 4.78 is 12.0. The zero-order valence-electron chi connectivity index (χ0n) is 14.0. The molecule has 2 aromatic rings. The fraction of sp³-hybridized carbons (Fsp3) is 0.421. The van der Waals surface area contributed by atoms with Crippen LogP contribution in [-0.4, -0.2) is 52.2 Å². The van der Waals surface area contributed by atoms with Crippen LogP contribution in [0.15, 0.2) is 48.9 Å². The molecule has 0 radical (unpaired) electrons. The summed E-state index contributed by atoms with van der Waals surface area (Å²) in [4.78, 5) is 23.1. The van der Waals surface area contributed by atoms with E-state index in [0.29, 0.717) is 18.7 Å². The number of rotatable bonds is 4. The molecule has 2 aliphatic rings. The van der Waals surface area contributed by atoms with Crippen LogP contribution in [0.5, 0.6) is 0 Å². The Bertz CT molecular complexity index is 710. The molecular weight excluding hydrogens is 318 g/mol. The highest BCUT2D eigenvalue weighted by Gasteiger charge is 2.46. The monoisotopic (exact) mass is 339 g/mol. The fourth-order valence-electron chi connectivity index (χ4n) is 3.62. The largest absolute Gasteiger partial charge is 0.373 e. The quantitative estimate of drug-likeness (QED) is 0.853. The molecule has 25 heavy (non-hydrogen) atoms. The number of pyridine rings is 2. The van der Waals surface area contributed by atoms with Gasteiger partial charge in [-0.15, -0.1) is 0 Å². The molecule has 2 saturated heterocycles. The molecule has 130 valence electrons. The van der Waals surface area contributed by atoms with Crippen LogP contribution in [0.1, 0.15) is 28.9 Å². The predicted molar refractivity (Wildman–Crippen MR) is 90.8 cm³/mol. The second-order valence-electron chi connectivity index (χ2n) is 6.41. The van der Waals surface area contributed by atoms with Gasteiger partial charge in [0, 0.05) is 25.2 Å². The van der Waals surface area contributed by atoms with Gasteiger partial charge in [0.1, 0.15) is 12.2 Å². The van der Waals surface area contributed by atoms with E-state index in [1.165, 1.54) is 0 Å². The number of aromatic nitrogens is 2. The molecule has 6 nitrogen and oxygen atoms in total. The van der Waals surface area contributed by atoms with Crippen molar-refractivity contribution >= 4 is 5.91 Å². The van der Waals surface area contributed by atoms with E-state index in [2.05, 4.69) is 9.97 Å². The van der Waals surface area contributed by atoms with Crippen molar-refractivity contribution in [2.24, 2.45) is 0 Å². The Morgan fingerprint density at radius 2 is 2.24 bits per heavy atom. The second-order valence-corrected chi connectivity index (χ2v) is 6.41. The van der Waals surface area contributed by atoms with Crippen molar-refractivity contribution in [3.63, 3.8) is 0 Å². The molecule has 2 aliphatic heterocycles. The number of hydrogen-bond acceptors (Lipinski definition) is 5. The Balaban J connectivity index is 1.48. The molecule has 1 amide bonds. The standard InChI is InChI=1S/C19H21N3O3/c23-19(14-5-3-8-20-11-14)22-12-17(18-16(22)7-4-10-24-18)25-13-15-6-1-2-9-21-15/h1-3,5-6,8-9,11,16-18H,4,7,10,12-13H2/t16-,17+,18+/m1/s1. The first kappa shape index (κ1) is 16.2. The number of hydrogen-bond donors (Lipinski definition) is 0. The molecule has 0 aliphatic carbocycles. The molecule has 0 unspecified atom stereocenters. The third-order valence-electron chi connectivity index (χ3n) is 4.82. The topological polar surface area (TPSA) is 64.6 Å². The Hall–Kier alpha value is -2.31. The van der Waals surface area contributed by atoms with E-state index < -0.39 is 0 Å². The van der Waals surface area contributed by atoms with Crippen molar-refractivity contribution in [3.8, 4) is 0 Å². The smallest absolute Gasteiger partial charge is 0.255 e. The maximum atomic E-state index is 12.9. The van der Waals surface area contributed by atoms with Crippen molar-refractivity contribution in [2.45, 2.75) is 37.7 Å². The van der Waals surface area contributed by atoms with Crippen LogP contribution in [0.3, 0.4) is 0 Å². The van der Waals surface area contributed by atoms with Gasteiger partial charge in [-0.3, -0.25) is 14.8 Å². The normalized spacial score (nSPS) is 25.6. The van der Waals surface area contributed by atoms with Crippen molar-refractivity contribution < 1.29 is 14.3 Å². The minimum atomic E-state index is -0.132. The maximum absolute atomic E-state index is 12.9. The number of fused-ring (bicyclic) bond motifs is 1. The number of nitrogens with zero attached hydrogens (tertiary/aromatic N) is 3. The molecule has 2 aromatic heterocycles. The molecule has 2 fully saturated rings. The Morgan fingerprint density at radius 3 is 3.04 bits per heavy atom. The van der Waals surface area contributed by atoms with Gasteiger partial charge < -0.3 is 14.4 Å². The van der Waals surface area contributed by atoms with Gasteiger partial charge in [-0.05, 0) is 37.1 Å². The second kappa shape index (κ2) is 7.29. The van der Waals surface area contributed by atoms with E-state index in [-0.39, 0.29) is 24.2 Å². The van der Waals surface area contributed by atoms with Crippen LogP contribution in [-0.2, 0) is 16.1 Å². The number of ether oxygens (including phenoxy) is 2. The maximum Gasteiger partial charge on any atom is 0.255 e. The third-order valence-corrected chi connectivity index (χ3v) is 4.82. The van der Waals surface area contributed by atoms with E-state index >= 15 is 0 Å². The Morgan fingerprint density at radius 1 is 1.28 bits per heavy atom. The Labute approximate surface area is 146 Å². The van der Waals surface area contributed by atoms with Gasteiger partial charge >= 0.3 is 0 Å². The van der Waals surface area contributed by atoms with Crippen molar-refractivity contribution in [1.29, 1.82) is 0 Å². The van der Waals surface area contributed by atoms with Crippen LogP contribution in [0.2, 0.25) is 0 Å². The molecule has 0 spiro atoms. The summed E-state index contributed by atoms with van der Waals surface area (Å²) in [7, 11) is 0. The average molecular weight is 339 g/mol. The zero-order valence-corrected chi connectivity index (χ0v) is 14.0. The summed E-state index contributed by atoms with van der Waals surface area (Å²) in [5, 5.41) is 0. The highest BCUT2D eigenvalue weighted by Crippen LogP contribution is 2.32. The summed E-state index contributed by atoms with van der Waals surface area (Å²) in [5.74, 6) is -0.00228. The van der Waals surface area contributed by atoms with E-state index in [9.17, 15) is 4.79 Å². The molecule has 6 heteroatoms. The summed E-state index contributed by atoms with van der Waals surface area (Å²) in [6.45, 7) is 1.68. The van der Waals surface area contributed by atoms with Gasteiger partial charge in [0.15, 0.2) is 0 Å². The molecule has 3 atom stereocenters. The Kier molecular flexibility index (Phi) is 4.72. The lowest BCUT2D eigenvalue weighted by atomic mass is 10.0.